The van der Waals surface area contributed by atoms with E-state index >= 15 is 0 Å². The normalized spacial score (nSPS) is 13.4. The first-order valence-electron chi connectivity index (χ1n) is 7.88. The summed E-state index contributed by atoms with van der Waals surface area (Å²) in [5.41, 5.74) is 1.50. The quantitative estimate of drug-likeness (QED) is 0.762. The van der Waals surface area contributed by atoms with E-state index < -0.39 is 12.6 Å². The number of carbonyl (C=O) groups is 2. The van der Waals surface area contributed by atoms with Gasteiger partial charge in [-0.2, -0.15) is 5.10 Å². The second-order valence-corrected chi connectivity index (χ2v) is 5.51. The first-order chi connectivity index (χ1) is 12.1. The van der Waals surface area contributed by atoms with Crippen molar-refractivity contribution in [1.29, 1.82) is 0 Å². The van der Waals surface area contributed by atoms with Gasteiger partial charge in [-0.1, -0.05) is 36.4 Å². The zero-order valence-corrected chi connectivity index (χ0v) is 13.5. The van der Waals surface area contributed by atoms with Gasteiger partial charge in [-0.25, -0.2) is 5.01 Å². The molecule has 2 heterocycles. The molecule has 0 N–H and O–H groups in total. The Bertz CT molecular complexity index is 858. The summed E-state index contributed by atoms with van der Waals surface area (Å²) in [6.45, 7) is -0.170. The Hall–Kier alpha value is -3.22. The number of hydrogen-bond acceptors (Lipinski definition) is 5. The van der Waals surface area contributed by atoms with Crippen LogP contribution in [0, 0.1) is 0 Å². The maximum atomic E-state index is 12.1. The monoisotopic (exact) mass is 339 g/mol. The fraction of sp³-hybridized carbons (Fsp3) is 0.222. The van der Waals surface area contributed by atoms with Crippen molar-refractivity contribution >= 4 is 17.6 Å². The highest BCUT2D eigenvalue weighted by molar-refractivity contribution is 6.02. The number of aromatic nitrogens is 1. The highest BCUT2D eigenvalue weighted by atomic mass is 16.5. The Morgan fingerprint density at radius 3 is 2.60 bits per heavy atom. The molecule has 0 saturated carbocycles. The van der Waals surface area contributed by atoms with Crippen molar-refractivity contribution < 1.29 is 14.3 Å². The molecule has 1 aromatic carbocycles. The van der Waals surface area contributed by atoms with Crippen LogP contribution >= 0.6 is 0 Å². The number of hydrazone groups is 1. The number of ether oxygens (including phenoxy) is 1. The lowest BCUT2D eigenvalue weighted by molar-refractivity contribution is -0.152. The Morgan fingerprint density at radius 2 is 1.84 bits per heavy atom. The van der Waals surface area contributed by atoms with Crippen LogP contribution in [0.1, 0.15) is 12.0 Å². The van der Waals surface area contributed by atoms with Crippen molar-refractivity contribution in [2.45, 2.75) is 13.0 Å². The number of pyridine rings is 1. The molecule has 1 aliphatic heterocycles. The van der Waals surface area contributed by atoms with Gasteiger partial charge in [0.2, 0.25) is 0 Å². The smallest absolute Gasteiger partial charge is 0.326 e. The van der Waals surface area contributed by atoms with Crippen molar-refractivity contribution in [3.63, 3.8) is 0 Å². The number of rotatable bonds is 5. The molecule has 0 atom stereocenters. The van der Waals surface area contributed by atoms with Crippen molar-refractivity contribution in [3.8, 4) is 0 Å². The van der Waals surface area contributed by atoms with Crippen LogP contribution in [0.2, 0.25) is 0 Å². The largest absolute Gasteiger partial charge is 0.454 e. The average molecular weight is 339 g/mol. The van der Waals surface area contributed by atoms with E-state index in [1.807, 2.05) is 30.3 Å². The van der Waals surface area contributed by atoms with Crippen molar-refractivity contribution in [2.75, 3.05) is 13.2 Å². The summed E-state index contributed by atoms with van der Waals surface area (Å²) in [7, 11) is 0. The van der Waals surface area contributed by atoms with Gasteiger partial charge in [-0.05, 0) is 11.6 Å². The Kier molecular flexibility index (Phi) is 5.03. The number of hydrogen-bond donors (Lipinski definition) is 0. The van der Waals surface area contributed by atoms with Crippen molar-refractivity contribution in [1.82, 2.24) is 9.58 Å². The summed E-state index contributed by atoms with van der Waals surface area (Å²) >= 11 is 0. The van der Waals surface area contributed by atoms with Gasteiger partial charge in [0.15, 0.2) is 6.61 Å². The Labute approximate surface area is 144 Å². The van der Waals surface area contributed by atoms with Gasteiger partial charge in [-0.3, -0.25) is 14.4 Å². The zero-order chi connectivity index (χ0) is 17.6. The average Bonchev–Trinajstić information content (AvgIpc) is 3.13. The van der Waals surface area contributed by atoms with Crippen LogP contribution in [-0.2, 0) is 20.9 Å². The molecule has 1 aromatic heterocycles. The third kappa shape index (κ3) is 4.20. The van der Waals surface area contributed by atoms with Crippen LogP contribution < -0.4 is 5.56 Å². The molecule has 0 unspecified atom stereocenters. The number of amides is 1. The third-order valence-electron chi connectivity index (χ3n) is 3.75. The van der Waals surface area contributed by atoms with Crippen LogP contribution in [0.3, 0.4) is 0 Å². The summed E-state index contributed by atoms with van der Waals surface area (Å²) < 4.78 is 6.17. The second kappa shape index (κ2) is 7.57. The van der Waals surface area contributed by atoms with Crippen LogP contribution in [-0.4, -0.2) is 40.3 Å². The standard InChI is InChI=1S/C18H17N3O4/c22-16-8-4-5-10-20(16)12-18(24)25-13-17(23)21-11-9-15(19-21)14-6-2-1-3-7-14/h1-8,10H,9,11-13H2. The summed E-state index contributed by atoms with van der Waals surface area (Å²) in [6.07, 6.45) is 2.14. The SMILES string of the molecule is O=C(Cn1ccccc1=O)OCC(=O)N1CCC(c2ccccc2)=N1. The minimum atomic E-state index is -0.645. The van der Waals surface area contributed by atoms with E-state index in [9.17, 15) is 14.4 Å². The fourth-order valence-corrected chi connectivity index (χ4v) is 2.46. The van der Waals surface area contributed by atoms with Crippen LogP contribution in [0.15, 0.2) is 64.6 Å². The lowest BCUT2D eigenvalue weighted by atomic mass is 10.1. The van der Waals surface area contributed by atoms with E-state index in [4.69, 9.17) is 4.74 Å². The van der Waals surface area contributed by atoms with Gasteiger partial charge in [0.05, 0.1) is 12.3 Å². The molecule has 1 amide bonds. The zero-order valence-electron chi connectivity index (χ0n) is 13.5. The van der Waals surface area contributed by atoms with Crippen LogP contribution in [0.4, 0.5) is 0 Å². The molecule has 0 aliphatic carbocycles. The van der Waals surface area contributed by atoms with Gasteiger partial charge in [0.1, 0.15) is 6.54 Å². The van der Waals surface area contributed by atoms with Gasteiger partial charge in [0.25, 0.3) is 11.5 Å². The molecule has 0 spiro atoms. The van der Waals surface area contributed by atoms with E-state index in [1.165, 1.54) is 21.8 Å². The number of carbonyl (C=O) groups excluding carboxylic acids is 2. The van der Waals surface area contributed by atoms with Crippen LogP contribution in [0.25, 0.3) is 0 Å². The lowest BCUT2D eigenvalue weighted by Crippen LogP contribution is -2.30. The molecule has 2 aromatic rings. The summed E-state index contributed by atoms with van der Waals surface area (Å²) in [4.78, 5) is 35.4. The molecule has 1 aliphatic rings. The molecule has 0 bridgehead atoms. The molecule has 0 saturated heterocycles. The van der Waals surface area contributed by atoms with E-state index in [0.717, 1.165) is 11.3 Å². The van der Waals surface area contributed by atoms with Crippen molar-refractivity contribution in [3.05, 3.63) is 70.6 Å². The summed E-state index contributed by atoms with van der Waals surface area (Å²) in [5, 5.41) is 5.60. The molecule has 3 rings (SSSR count). The molecular weight excluding hydrogens is 322 g/mol. The summed E-state index contributed by atoms with van der Waals surface area (Å²) in [6, 6.07) is 14.2. The van der Waals surface area contributed by atoms with Crippen LogP contribution in [0.5, 0.6) is 0 Å². The number of nitrogens with zero attached hydrogens (tertiary/aromatic N) is 3. The topological polar surface area (TPSA) is 81.0 Å². The van der Waals surface area contributed by atoms with Gasteiger partial charge in [-0.15, -0.1) is 0 Å². The minimum Gasteiger partial charge on any atom is -0.454 e. The molecule has 7 nitrogen and oxygen atoms in total. The highest BCUT2D eigenvalue weighted by Crippen LogP contribution is 2.13. The van der Waals surface area contributed by atoms with Gasteiger partial charge < -0.3 is 9.30 Å². The van der Waals surface area contributed by atoms with E-state index in [1.54, 1.807) is 12.1 Å². The van der Waals surface area contributed by atoms with E-state index in [2.05, 4.69) is 5.10 Å². The predicted molar refractivity (Wildman–Crippen MR) is 91.0 cm³/mol. The Balaban J connectivity index is 1.53. The number of esters is 1. The maximum absolute atomic E-state index is 12.1. The molecule has 0 radical (unpaired) electrons. The predicted octanol–water partition coefficient (Wildman–Crippen LogP) is 1.03. The maximum Gasteiger partial charge on any atom is 0.326 e. The third-order valence-corrected chi connectivity index (χ3v) is 3.75. The van der Waals surface area contributed by atoms with Gasteiger partial charge >= 0.3 is 5.97 Å². The Morgan fingerprint density at radius 1 is 1.08 bits per heavy atom. The molecule has 7 heteroatoms. The molecular formula is C18H17N3O4. The fourth-order valence-electron chi connectivity index (χ4n) is 2.46. The lowest BCUT2D eigenvalue weighted by Gasteiger charge is -2.11. The summed E-state index contributed by atoms with van der Waals surface area (Å²) in [5.74, 6) is -1.03. The van der Waals surface area contributed by atoms with E-state index in [-0.39, 0.29) is 18.0 Å². The first kappa shape index (κ1) is 16.6. The van der Waals surface area contributed by atoms with Crippen molar-refractivity contribution in [2.24, 2.45) is 5.10 Å². The first-order valence-corrected chi connectivity index (χ1v) is 7.88. The molecule has 25 heavy (non-hydrogen) atoms. The second-order valence-electron chi connectivity index (χ2n) is 5.51. The van der Waals surface area contributed by atoms with Gasteiger partial charge in [0, 0.05) is 18.7 Å². The molecule has 128 valence electrons. The molecule has 0 fully saturated rings. The van der Waals surface area contributed by atoms with E-state index in [0.29, 0.717) is 13.0 Å². The highest BCUT2D eigenvalue weighted by Gasteiger charge is 2.22. The number of benzene rings is 1. The minimum absolute atomic E-state index is 0.231.